The van der Waals surface area contributed by atoms with Crippen LogP contribution in [-0.4, -0.2) is 16.9 Å². The molecule has 0 bridgehead atoms. The molecule has 0 unspecified atom stereocenters. The van der Waals surface area contributed by atoms with Crippen molar-refractivity contribution in [1.29, 1.82) is 5.26 Å². The van der Waals surface area contributed by atoms with E-state index in [9.17, 15) is 0 Å². The maximum absolute atomic E-state index is 9.02. The summed E-state index contributed by atoms with van der Waals surface area (Å²) in [5, 5.41) is 13.8. The molecule has 0 saturated heterocycles. The molecule has 0 saturated carbocycles. The summed E-state index contributed by atoms with van der Waals surface area (Å²) in [7, 11) is 1.57. The highest BCUT2D eigenvalue weighted by molar-refractivity contribution is 6.30. The third kappa shape index (κ3) is 2.37. The minimum atomic E-state index is 0.241. The summed E-state index contributed by atoms with van der Waals surface area (Å²) < 4.78 is 6.73. The highest BCUT2D eigenvalue weighted by Crippen LogP contribution is 2.26. The predicted molar refractivity (Wildman–Crippen MR) is 62.3 cm³/mol. The van der Waals surface area contributed by atoms with E-state index in [4.69, 9.17) is 21.6 Å². The zero-order valence-electron chi connectivity index (χ0n) is 9.83. The van der Waals surface area contributed by atoms with Gasteiger partial charge in [0.15, 0.2) is 0 Å². The van der Waals surface area contributed by atoms with E-state index in [1.165, 1.54) is 0 Å². The van der Waals surface area contributed by atoms with Crippen molar-refractivity contribution < 1.29 is 4.74 Å². The van der Waals surface area contributed by atoms with Crippen molar-refractivity contribution in [3.8, 4) is 6.07 Å². The monoisotopic (exact) mass is 241 g/mol. The Morgan fingerprint density at radius 3 is 2.56 bits per heavy atom. The lowest BCUT2D eigenvalue weighted by atomic mass is 10.2. The van der Waals surface area contributed by atoms with E-state index in [1.807, 2.05) is 0 Å². The van der Waals surface area contributed by atoms with E-state index in [2.05, 4.69) is 25.0 Å². The lowest BCUT2D eigenvalue weighted by molar-refractivity contribution is 0.180. The van der Waals surface area contributed by atoms with E-state index in [0.717, 1.165) is 12.8 Å². The van der Waals surface area contributed by atoms with Gasteiger partial charge >= 0.3 is 0 Å². The van der Waals surface area contributed by atoms with Gasteiger partial charge in [-0.1, -0.05) is 25.4 Å². The van der Waals surface area contributed by atoms with Crippen LogP contribution < -0.4 is 0 Å². The molecule has 16 heavy (non-hydrogen) atoms. The average molecular weight is 242 g/mol. The van der Waals surface area contributed by atoms with E-state index < -0.39 is 0 Å². The third-order valence-corrected chi connectivity index (χ3v) is 2.97. The maximum atomic E-state index is 9.02. The molecule has 0 aliphatic heterocycles. The summed E-state index contributed by atoms with van der Waals surface area (Å²) in [6.45, 7) is 4.47. The zero-order chi connectivity index (χ0) is 12.1. The molecule has 1 rings (SSSR count). The summed E-state index contributed by atoms with van der Waals surface area (Å²) in [4.78, 5) is 0. The average Bonchev–Trinajstić information content (AvgIpc) is 2.58. The molecule has 88 valence electrons. The number of nitrogens with zero attached hydrogens (tertiary/aromatic N) is 3. The molecular formula is C11H16ClN3O. The molecule has 0 radical (unpaired) electrons. The van der Waals surface area contributed by atoms with Gasteiger partial charge in [-0.2, -0.15) is 10.4 Å². The second kappa shape index (κ2) is 5.88. The SMILES string of the molecule is CCC(CC)n1nc(COC)c(C#N)c1Cl. The number of hydrogen-bond donors (Lipinski definition) is 0. The first-order valence-corrected chi connectivity index (χ1v) is 5.73. The van der Waals surface area contributed by atoms with Gasteiger partial charge < -0.3 is 4.74 Å². The maximum Gasteiger partial charge on any atom is 0.145 e. The fraction of sp³-hybridized carbons (Fsp3) is 0.636. The van der Waals surface area contributed by atoms with E-state index in [1.54, 1.807) is 11.8 Å². The molecule has 1 aromatic heterocycles. The number of rotatable bonds is 5. The molecule has 1 aromatic rings. The van der Waals surface area contributed by atoms with Crippen molar-refractivity contribution in [2.75, 3.05) is 7.11 Å². The Morgan fingerprint density at radius 2 is 2.12 bits per heavy atom. The van der Waals surface area contributed by atoms with Crippen LogP contribution in [0.5, 0.6) is 0 Å². The van der Waals surface area contributed by atoms with Gasteiger partial charge in [0.2, 0.25) is 0 Å². The lowest BCUT2D eigenvalue weighted by Gasteiger charge is -2.13. The Labute approximate surface area is 101 Å². The first-order valence-electron chi connectivity index (χ1n) is 5.35. The first kappa shape index (κ1) is 13.0. The molecule has 0 N–H and O–H groups in total. The van der Waals surface area contributed by atoms with Gasteiger partial charge in [-0.15, -0.1) is 0 Å². The summed E-state index contributed by atoms with van der Waals surface area (Å²) in [5.41, 5.74) is 1.04. The summed E-state index contributed by atoms with van der Waals surface area (Å²) in [5.74, 6) is 0. The molecule has 0 fully saturated rings. The van der Waals surface area contributed by atoms with Crippen LogP contribution >= 0.6 is 11.6 Å². The van der Waals surface area contributed by atoms with Crippen LogP contribution in [0.2, 0.25) is 5.15 Å². The van der Waals surface area contributed by atoms with Gasteiger partial charge in [0, 0.05) is 7.11 Å². The molecule has 0 spiro atoms. The van der Waals surface area contributed by atoms with Crippen molar-refractivity contribution in [3.63, 3.8) is 0 Å². The molecule has 0 aliphatic rings. The first-order chi connectivity index (χ1) is 7.69. The van der Waals surface area contributed by atoms with E-state index in [-0.39, 0.29) is 6.04 Å². The van der Waals surface area contributed by atoms with Gasteiger partial charge in [-0.05, 0) is 12.8 Å². The number of ether oxygens (including phenoxy) is 1. The molecule has 1 heterocycles. The fourth-order valence-electron chi connectivity index (χ4n) is 1.68. The largest absolute Gasteiger partial charge is 0.378 e. The van der Waals surface area contributed by atoms with Crippen LogP contribution in [0.1, 0.15) is 44.0 Å². The van der Waals surface area contributed by atoms with Crippen LogP contribution in [0.15, 0.2) is 0 Å². The van der Waals surface area contributed by atoms with Gasteiger partial charge in [-0.3, -0.25) is 0 Å². The summed E-state index contributed by atoms with van der Waals surface area (Å²) in [6.07, 6.45) is 1.88. The highest BCUT2D eigenvalue weighted by Gasteiger charge is 2.19. The van der Waals surface area contributed by atoms with Crippen LogP contribution in [0.25, 0.3) is 0 Å². The smallest absolute Gasteiger partial charge is 0.145 e. The van der Waals surface area contributed by atoms with Crippen LogP contribution in [0.3, 0.4) is 0 Å². The third-order valence-electron chi connectivity index (χ3n) is 2.61. The van der Waals surface area contributed by atoms with Gasteiger partial charge in [0.1, 0.15) is 22.5 Å². The number of methoxy groups -OCH3 is 1. The number of hydrogen-bond acceptors (Lipinski definition) is 3. The molecule has 4 nitrogen and oxygen atoms in total. The Morgan fingerprint density at radius 1 is 1.50 bits per heavy atom. The zero-order valence-corrected chi connectivity index (χ0v) is 10.6. The molecular weight excluding hydrogens is 226 g/mol. The van der Waals surface area contributed by atoms with E-state index >= 15 is 0 Å². The van der Waals surface area contributed by atoms with Crippen molar-refractivity contribution in [2.24, 2.45) is 0 Å². The van der Waals surface area contributed by atoms with Crippen LogP contribution in [-0.2, 0) is 11.3 Å². The second-order valence-electron chi connectivity index (χ2n) is 3.57. The van der Waals surface area contributed by atoms with Crippen molar-refractivity contribution in [3.05, 3.63) is 16.4 Å². The standard InChI is InChI=1S/C11H16ClN3O/c1-4-8(5-2)15-11(12)9(6-13)10(14-15)7-16-3/h8H,4-5,7H2,1-3H3. The molecule has 0 atom stereocenters. The second-order valence-corrected chi connectivity index (χ2v) is 3.93. The Balaban J connectivity index is 3.17. The summed E-state index contributed by atoms with van der Waals surface area (Å²) in [6, 6.07) is 2.32. The molecule has 0 aromatic carbocycles. The van der Waals surface area contributed by atoms with Crippen molar-refractivity contribution in [1.82, 2.24) is 9.78 Å². The van der Waals surface area contributed by atoms with Gasteiger partial charge in [0.25, 0.3) is 0 Å². The number of nitriles is 1. The normalized spacial score (nSPS) is 10.8. The van der Waals surface area contributed by atoms with E-state index in [0.29, 0.717) is 23.0 Å². The summed E-state index contributed by atoms with van der Waals surface area (Å²) >= 11 is 6.14. The van der Waals surface area contributed by atoms with Gasteiger partial charge in [0.05, 0.1) is 12.6 Å². The Bertz CT molecular complexity index is 391. The Kier molecular flexibility index (Phi) is 4.78. The fourth-order valence-corrected chi connectivity index (χ4v) is 2.01. The highest BCUT2D eigenvalue weighted by atomic mass is 35.5. The van der Waals surface area contributed by atoms with Crippen LogP contribution in [0, 0.1) is 11.3 Å². The number of aromatic nitrogens is 2. The van der Waals surface area contributed by atoms with Crippen LogP contribution in [0.4, 0.5) is 0 Å². The quantitative estimate of drug-likeness (QED) is 0.797. The lowest BCUT2D eigenvalue weighted by Crippen LogP contribution is -2.09. The number of halogens is 1. The minimum absolute atomic E-state index is 0.241. The minimum Gasteiger partial charge on any atom is -0.378 e. The molecule has 0 aliphatic carbocycles. The Hall–Kier alpha value is -1.05. The predicted octanol–water partition coefficient (Wildman–Crippen LogP) is 2.92. The van der Waals surface area contributed by atoms with Crippen molar-refractivity contribution >= 4 is 11.6 Å². The molecule has 0 amide bonds. The van der Waals surface area contributed by atoms with Gasteiger partial charge in [-0.25, -0.2) is 4.68 Å². The van der Waals surface area contributed by atoms with Crippen molar-refractivity contribution in [2.45, 2.75) is 39.3 Å². The molecule has 5 heteroatoms. The topological polar surface area (TPSA) is 50.8 Å².